The minimum atomic E-state index is -1.24. The minimum absolute atomic E-state index is 0.0907. The number of nitrogens with zero attached hydrogens (tertiary/aromatic N) is 1. The lowest BCUT2D eigenvalue weighted by molar-refractivity contribution is -0.385. The number of halogens is 2. The summed E-state index contributed by atoms with van der Waals surface area (Å²) < 4.78 is 25.5. The van der Waals surface area contributed by atoms with E-state index in [1.54, 1.807) is 0 Å². The summed E-state index contributed by atoms with van der Waals surface area (Å²) in [6, 6.07) is 1.35. The van der Waals surface area contributed by atoms with Crippen molar-refractivity contribution in [3.05, 3.63) is 39.4 Å². The molecular formula is C9H9F2NO3. The zero-order valence-corrected chi connectivity index (χ0v) is 7.74. The molecule has 0 aromatic heterocycles. The molecule has 15 heavy (non-hydrogen) atoms. The van der Waals surface area contributed by atoms with E-state index in [4.69, 9.17) is 5.11 Å². The maximum absolute atomic E-state index is 12.8. The third-order valence-electron chi connectivity index (χ3n) is 1.92. The standard InChI is InChI=1S/C9H9F2NO3/c10-7-4-6(2-1-3-13)9(12(14)15)5-8(7)11/h4-5,13H,1-3H2. The number of nitro benzene ring substituents is 1. The van der Waals surface area contributed by atoms with Gasteiger partial charge in [0.1, 0.15) is 0 Å². The average molecular weight is 217 g/mol. The molecule has 0 radical (unpaired) electrons. The average Bonchev–Trinajstić information content (AvgIpc) is 2.19. The number of aliphatic hydroxyl groups excluding tert-OH is 1. The van der Waals surface area contributed by atoms with Gasteiger partial charge in [0.05, 0.1) is 11.0 Å². The Hall–Kier alpha value is -1.56. The van der Waals surface area contributed by atoms with Crippen LogP contribution in [0.25, 0.3) is 0 Å². The van der Waals surface area contributed by atoms with Crippen LogP contribution < -0.4 is 0 Å². The van der Waals surface area contributed by atoms with Gasteiger partial charge in [-0.25, -0.2) is 8.78 Å². The molecule has 0 fully saturated rings. The lowest BCUT2D eigenvalue weighted by atomic mass is 10.1. The number of hydrogen-bond acceptors (Lipinski definition) is 3. The third kappa shape index (κ3) is 2.69. The molecule has 6 heteroatoms. The summed E-state index contributed by atoms with van der Waals surface area (Å²) in [6.45, 7) is -0.157. The first-order chi connectivity index (χ1) is 7.06. The monoisotopic (exact) mass is 217 g/mol. The molecule has 82 valence electrons. The predicted octanol–water partition coefficient (Wildman–Crippen LogP) is 1.80. The summed E-state index contributed by atoms with van der Waals surface area (Å²) in [5, 5.41) is 19.0. The highest BCUT2D eigenvalue weighted by atomic mass is 19.2. The van der Waals surface area contributed by atoms with Crippen LogP contribution in [0, 0.1) is 21.7 Å². The maximum Gasteiger partial charge on any atom is 0.275 e. The van der Waals surface area contributed by atoms with Crippen LogP contribution in [0.1, 0.15) is 12.0 Å². The van der Waals surface area contributed by atoms with Crippen LogP contribution in [0.2, 0.25) is 0 Å². The van der Waals surface area contributed by atoms with Gasteiger partial charge in [-0.15, -0.1) is 0 Å². The summed E-state index contributed by atoms with van der Waals surface area (Å²) in [6.07, 6.45) is 0.413. The quantitative estimate of drug-likeness (QED) is 0.617. The van der Waals surface area contributed by atoms with Gasteiger partial charge in [0.25, 0.3) is 5.69 Å². The van der Waals surface area contributed by atoms with Gasteiger partial charge in [-0.05, 0) is 18.9 Å². The van der Waals surface area contributed by atoms with Crippen LogP contribution in [-0.4, -0.2) is 16.6 Å². The molecule has 0 aliphatic rings. The first kappa shape index (κ1) is 11.5. The van der Waals surface area contributed by atoms with Crippen molar-refractivity contribution in [3.63, 3.8) is 0 Å². The summed E-state index contributed by atoms with van der Waals surface area (Å²) in [4.78, 5) is 9.73. The molecule has 1 N–H and O–H groups in total. The normalized spacial score (nSPS) is 10.3. The fraction of sp³-hybridized carbons (Fsp3) is 0.333. The Balaban J connectivity index is 3.10. The third-order valence-corrected chi connectivity index (χ3v) is 1.92. The topological polar surface area (TPSA) is 63.4 Å². The molecule has 1 aromatic carbocycles. The second-order valence-corrected chi connectivity index (χ2v) is 2.98. The van der Waals surface area contributed by atoms with Gasteiger partial charge < -0.3 is 5.11 Å². The van der Waals surface area contributed by atoms with E-state index in [-0.39, 0.29) is 25.0 Å². The van der Waals surface area contributed by atoms with E-state index in [2.05, 4.69) is 0 Å². The number of aliphatic hydroxyl groups is 1. The van der Waals surface area contributed by atoms with Gasteiger partial charge in [-0.1, -0.05) is 0 Å². The molecule has 0 saturated heterocycles. The molecule has 0 heterocycles. The molecule has 0 bridgehead atoms. The van der Waals surface area contributed by atoms with E-state index < -0.39 is 22.2 Å². The number of nitro groups is 1. The first-order valence-corrected chi connectivity index (χ1v) is 4.29. The molecular weight excluding hydrogens is 208 g/mol. The number of rotatable bonds is 4. The number of aryl methyl sites for hydroxylation is 1. The van der Waals surface area contributed by atoms with Crippen LogP contribution in [0.3, 0.4) is 0 Å². The first-order valence-electron chi connectivity index (χ1n) is 4.29. The Bertz CT molecular complexity index is 382. The lowest BCUT2D eigenvalue weighted by Crippen LogP contribution is -2.00. The molecule has 0 spiro atoms. The molecule has 0 saturated carbocycles. The second-order valence-electron chi connectivity index (χ2n) is 2.98. The molecule has 0 atom stereocenters. The smallest absolute Gasteiger partial charge is 0.275 e. The van der Waals surface area contributed by atoms with Gasteiger partial charge in [0, 0.05) is 12.2 Å². The molecule has 0 aliphatic carbocycles. The highest BCUT2D eigenvalue weighted by molar-refractivity contribution is 5.41. The van der Waals surface area contributed by atoms with Crippen molar-refractivity contribution in [1.29, 1.82) is 0 Å². The fourth-order valence-electron chi connectivity index (χ4n) is 1.22. The Morgan fingerprint density at radius 3 is 2.47 bits per heavy atom. The lowest BCUT2D eigenvalue weighted by Gasteiger charge is -2.02. The highest BCUT2D eigenvalue weighted by Crippen LogP contribution is 2.23. The van der Waals surface area contributed by atoms with E-state index in [1.807, 2.05) is 0 Å². The minimum Gasteiger partial charge on any atom is -0.396 e. The van der Waals surface area contributed by atoms with Crippen LogP contribution in [0.5, 0.6) is 0 Å². The number of hydrogen-bond donors (Lipinski definition) is 1. The summed E-state index contributed by atoms with van der Waals surface area (Å²) in [5.41, 5.74) is -0.365. The van der Waals surface area contributed by atoms with Gasteiger partial charge in [0.15, 0.2) is 11.6 Å². The van der Waals surface area contributed by atoms with Crippen LogP contribution in [0.15, 0.2) is 12.1 Å². The van der Waals surface area contributed by atoms with Crippen molar-refractivity contribution in [1.82, 2.24) is 0 Å². The van der Waals surface area contributed by atoms with Crippen molar-refractivity contribution >= 4 is 5.69 Å². The SMILES string of the molecule is O=[N+]([O-])c1cc(F)c(F)cc1CCCO. The molecule has 1 aromatic rings. The maximum atomic E-state index is 12.8. The number of benzene rings is 1. The largest absolute Gasteiger partial charge is 0.396 e. The Kier molecular flexibility index (Phi) is 3.68. The van der Waals surface area contributed by atoms with E-state index in [1.165, 1.54) is 0 Å². The van der Waals surface area contributed by atoms with Gasteiger partial charge in [0.2, 0.25) is 0 Å². The van der Waals surface area contributed by atoms with Gasteiger partial charge in [-0.3, -0.25) is 10.1 Å². The van der Waals surface area contributed by atoms with Crippen molar-refractivity contribution < 1.29 is 18.8 Å². The molecule has 0 aliphatic heterocycles. The predicted molar refractivity (Wildman–Crippen MR) is 48.4 cm³/mol. The van der Waals surface area contributed by atoms with Crippen LogP contribution >= 0.6 is 0 Å². The van der Waals surface area contributed by atoms with Gasteiger partial charge in [-0.2, -0.15) is 0 Å². The Morgan fingerprint density at radius 2 is 1.93 bits per heavy atom. The zero-order chi connectivity index (χ0) is 11.4. The van der Waals surface area contributed by atoms with E-state index in [0.29, 0.717) is 6.07 Å². The molecule has 0 amide bonds. The second kappa shape index (κ2) is 4.79. The fourth-order valence-corrected chi connectivity index (χ4v) is 1.22. The molecule has 4 nitrogen and oxygen atoms in total. The Morgan fingerprint density at radius 1 is 1.33 bits per heavy atom. The van der Waals surface area contributed by atoms with Crippen molar-refractivity contribution in [3.8, 4) is 0 Å². The molecule has 1 rings (SSSR count). The van der Waals surface area contributed by atoms with Gasteiger partial charge >= 0.3 is 0 Å². The van der Waals surface area contributed by atoms with Crippen molar-refractivity contribution in [2.45, 2.75) is 12.8 Å². The Labute approximate surface area is 84.3 Å². The summed E-state index contributed by atoms with van der Waals surface area (Å²) >= 11 is 0. The van der Waals surface area contributed by atoms with E-state index >= 15 is 0 Å². The van der Waals surface area contributed by atoms with Crippen LogP contribution in [0.4, 0.5) is 14.5 Å². The van der Waals surface area contributed by atoms with E-state index in [9.17, 15) is 18.9 Å². The van der Waals surface area contributed by atoms with E-state index in [0.717, 1.165) is 6.07 Å². The molecule has 0 unspecified atom stereocenters. The summed E-state index contributed by atoms with van der Waals surface area (Å²) in [5.74, 6) is -2.36. The summed E-state index contributed by atoms with van der Waals surface area (Å²) in [7, 11) is 0. The zero-order valence-electron chi connectivity index (χ0n) is 7.74. The van der Waals surface area contributed by atoms with Crippen LogP contribution in [-0.2, 0) is 6.42 Å². The van der Waals surface area contributed by atoms with Crippen molar-refractivity contribution in [2.24, 2.45) is 0 Å². The highest BCUT2D eigenvalue weighted by Gasteiger charge is 2.17. The van der Waals surface area contributed by atoms with Crippen molar-refractivity contribution in [2.75, 3.05) is 6.61 Å².